The van der Waals surface area contributed by atoms with Crippen molar-refractivity contribution in [3.8, 4) is 5.75 Å². The SMILES string of the molecule is COCc1csc(COc2ccn(C3=Cc4ccc(CN(C)C)cc4CC3)c(=O)c2)n1. The average molecular weight is 438 g/mol. The molecule has 7 heteroatoms. The fraction of sp³-hybridized carbons (Fsp3) is 0.333. The molecule has 4 rings (SSSR count). The number of thiazole rings is 1. The predicted molar refractivity (Wildman–Crippen MR) is 124 cm³/mol. The number of fused-ring (bicyclic) bond motifs is 1. The van der Waals surface area contributed by atoms with Crippen LogP contribution in [0.3, 0.4) is 0 Å². The van der Waals surface area contributed by atoms with Gasteiger partial charge in [0.2, 0.25) is 0 Å². The van der Waals surface area contributed by atoms with Crippen LogP contribution in [0.1, 0.15) is 33.8 Å². The van der Waals surface area contributed by atoms with Gasteiger partial charge in [-0.1, -0.05) is 18.2 Å². The van der Waals surface area contributed by atoms with Crippen LogP contribution in [-0.2, 0) is 30.9 Å². The lowest BCUT2D eigenvalue weighted by atomic mass is 9.93. The second kappa shape index (κ2) is 9.60. The number of hydrogen-bond acceptors (Lipinski definition) is 6. The highest BCUT2D eigenvalue weighted by atomic mass is 32.1. The lowest BCUT2D eigenvalue weighted by molar-refractivity contribution is 0.181. The van der Waals surface area contributed by atoms with Gasteiger partial charge in [-0.2, -0.15) is 0 Å². The minimum atomic E-state index is -0.0874. The molecule has 6 nitrogen and oxygen atoms in total. The van der Waals surface area contributed by atoms with Gasteiger partial charge in [-0.15, -0.1) is 11.3 Å². The van der Waals surface area contributed by atoms with Crippen LogP contribution >= 0.6 is 11.3 Å². The quantitative estimate of drug-likeness (QED) is 0.532. The van der Waals surface area contributed by atoms with Crippen LogP contribution in [0, 0.1) is 0 Å². The van der Waals surface area contributed by atoms with Crippen LogP contribution in [0.25, 0.3) is 11.8 Å². The number of allylic oxidation sites excluding steroid dienone is 1. The zero-order valence-electron chi connectivity index (χ0n) is 18.1. The van der Waals surface area contributed by atoms with Crippen LogP contribution in [0.2, 0.25) is 0 Å². The lowest BCUT2D eigenvalue weighted by Gasteiger charge is -2.20. The Morgan fingerprint density at radius 1 is 1.16 bits per heavy atom. The van der Waals surface area contributed by atoms with Gasteiger partial charge in [0.25, 0.3) is 5.56 Å². The van der Waals surface area contributed by atoms with Gasteiger partial charge >= 0.3 is 0 Å². The molecular weight excluding hydrogens is 410 g/mol. The molecule has 0 bridgehead atoms. The van der Waals surface area contributed by atoms with E-state index in [2.05, 4.69) is 48.3 Å². The number of ether oxygens (including phenoxy) is 2. The zero-order valence-corrected chi connectivity index (χ0v) is 18.9. The molecule has 1 aromatic carbocycles. The van der Waals surface area contributed by atoms with E-state index >= 15 is 0 Å². The minimum Gasteiger partial charge on any atom is -0.486 e. The largest absolute Gasteiger partial charge is 0.486 e. The zero-order chi connectivity index (χ0) is 21.8. The number of hydrogen-bond donors (Lipinski definition) is 0. The molecule has 0 spiro atoms. The first kappa shape index (κ1) is 21.5. The molecule has 0 atom stereocenters. The molecular formula is C24H27N3O3S. The van der Waals surface area contributed by atoms with E-state index in [0.29, 0.717) is 19.0 Å². The molecule has 0 N–H and O–H groups in total. The van der Waals surface area contributed by atoms with E-state index in [9.17, 15) is 4.79 Å². The van der Waals surface area contributed by atoms with Gasteiger partial charge in [0.1, 0.15) is 17.4 Å². The first-order chi connectivity index (χ1) is 15.0. The molecule has 0 unspecified atom stereocenters. The monoisotopic (exact) mass is 437 g/mol. The van der Waals surface area contributed by atoms with E-state index in [1.165, 1.54) is 28.0 Å². The van der Waals surface area contributed by atoms with E-state index < -0.39 is 0 Å². The van der Waals surface area contributed by atoms with Crippen molar-refractivity contribution in [3.63, 3.8) is 0 Å². The molecule has 2 aromatic heterocycles. The van der Waals surface area contributed by atoms with Crippen LogP contribution in [0.5, 0.6) is 5.75 Å². The third-order valence-corrected chi connectivity index (χ3v) is 6.00. The van der Waals surface area contributed by atoms with Crippen molar-refractivity contribution < 1.29 is 9.47 Å². The fourth-order valence-corrected chi connectivity index (χ4v) is 4.44. The summed E-state index contributed by atoms with van der Waals surface area (Å²) >= 11 is 1.53. The smallest absolute Gasteiger partial charge is 0.258 e. The summed E-state index contributed by atoms with van der Waals surface area (Å²) in [4.78, 5) is 19.3. The molecule has 1 aliphatic carbocycles. The number of benzene rings is 1. The molecule has 0 aliphatic heterocycles. The molecule has 3 aromatic rings. The fourth-order valence-electron chi connectivity index (χ4n) is 3.75. The van der Waals surface area contributed by atoms with Crippen LogP contribution in [-0.4, -0.2) is 35.7 Å². The van der Waals surface area contributed by atoms with Crippen molar-refractivity contribution in [2.75, 3.05) is 21.2 Å². The second-order valence-corrected chi connectivity index (χ2v) is 8.87. The number of aromatic nitrogens is 2. The van der Waals surface area contributed by atoms with Crippen molar-refractivity contribution in [3.05, 3.63) is 79.7 Å². The Morgan fingerprint density at radius 2 is 2.03 bits per heavy atom. The van der Waals surface area contributed by atoms with Gasteiger partial charge in [-0.05, 0) is 55.8 Å². The van der Waals surface area contributed by atoms with Gasteiger partial charge in [0.05, 0.1) is 12.3 Å². The van der Waals surface area contributed by atoms with E-state index in [-0.39, 0.29) is 5.56 Å². The summed E-state index contributed by atoms with van der Waals surface area (Å²) in [6.07, 6.45) is 5.68. The molecule has 0 saturated carbocycles. The highest BCUT2D eigenvalue weighted by molar-refractivity contribution is 7.09. The van der Waals surface area contributed by atoms with E-state index in [4.69, 9.17) is 9.47 Å². The second-order valence-electron chi connectivity index (χ2n) is 7.93. The molecule has 0 amide bonds. The Balaban J connectivity index is 1.46. The summed E-state index contributed by atoms with van der Waals surface area (Å²) in [6, 6.07) is 9.97. The van der Waals surface area contributed by atoms with Gasteiger partial charge in [-0.3, -0.25) is 9.36 Å². The Labute approximate surface area is 186 Å². The first-order valence-corrected chi connectivity index (χ1v) is 11.1. The van der Waals surface area contributed by atoms with Crippen molar-refractivity contribution in [2.45, 2.75) is 32.6 Å². The van der Waals surface area contributed by atoms with Crippen molar-refractivity contribution in [1.82, 2.24) is 14.5 Å². The lowest BCUT2D eigenvalue weighted by Crippen LogP contribution is -2.19. The first-order valence-electron chi connectivity index (χ1n) is 10.3. The molecule has 1 aliphatic rings. The molecule has 2 heterocycles. The van der Waals surface area contributed by atoms with Gasteiger partial charge < -0.3 is 14.4 Å². The summed E-state index contributed by atoms with van der Waals surface area (Å²) in [5, 5.41) is 2.81. The number of pyridine rings is 1. The Bertz CT molecular complexity index is 1150. The number of nitrogens with zero attached hydrogens (tertiary/aromatic N) is 3. The highest BCUT2D eigenvalue weighted by Gasteiger charge is 2.14. The van der Waals surface area contributed by atoms with Gasteiger partial charge in [0.15, 0.2) is 0 Å². The maximum Gasteiger partial charge on any atom is 0.258 e. The minimum absolute atomic E-state index is 0.0874. The van der Waals surface area contributed by atoms with Gasteiger partial charge in [-0.25, -0.2) is 4.98 Å². The van der Waals surface area contributed by atoms with Crippen LogP contribution < -0.4 is 10.3 Å². The van der Waals surface area contributed by atoms with E-state index in [1.54, 1.807) is 23.9 Å². The van der Waals surface area contributed by atoms with Crippen LogP contribution in [0.15, 0.2) is 46.7 Å². The maximum absolute atomic E-state index is 12.7. The standard InChI is InChI=1S/C24H27N3O3S/c1-26(2)13-17-4-5-19-11-21(7-6-18(19)10-17)27-9-8-22(12-24(27)28)30-15-23-25-20(14-29-3)16-31-23/h4-5,8-12,16H,6-7,13-15H2,1-3H3. The topological polar surface area (TPSA) is 56.6 Å². The number of aryl methyl sites for hydroxylation is 1. The molecule has 0 fully saturated rings. The maximum atomic E-state index is 12.7. The third-order valence-electron chi connectivity index (χ3n) is 5.13. The van der Waals surface area contributed by atoms with E-state index in [0.717, 1.165) is 35.8 Å². The molecule has 0 radical (unpaired) electrons. The van der Waals surface area contributed by atoms with Crippen molar-refractivity contribution in [2.24, 2.45) is 0 Å². The molecule has 31 heavy (non-hydrogen) atoms. The summed E-state index contributed by atoms with van der Waals surface area (Å²) in [5.74, 6) is 0.551. The summed E-state index contributed by atoms with van der Waals surface area (Å²) < 4.78 is 12.6. The number of methoxy groups -OCH3 is 1. The van der Waals surface area contributed by atoms with E-state index in [1.807, 2.05) is 11.4 Å². The Hall–Kier alpha value is -2.74. The highest BCUT2D eigenvalue weighted by Crippen LogP contribution is 2.27. The summed E-state index contributed by atoms with van der Waals surface area (Å²) in [5.41, 5.74) is 5.65. The van der Waals surface area contributed by atoms with Crippen LogP contribution in [0.4, 0.5) is 0 Å². The number of rotatable bonds is 8. The predicted octanol–water partition coefficient (Wildman–Crippen LogP) is 4.04. The average Bonchev–Trinajstić information content (AvgIpc) is 3.19. The third kappa shape index (κ3) is 5.31. The van der Waals surface area contributed by atoms with Gasteiger partial charge in [0, 0.05) is 37.0 Å². The summed E-state index contributed by atoms with van der Waals surface area (Å²) in [6.45, 7) is 1.75. The normalized spacial score (nSPS) is 13.2. The van der Waals surface area contributed by atoms with Crippen molar-refractivity contribution >= 4 is 23.1 Å². The van der Waals surface area contributed by atoms with Crippen molar-refractivity contribution in [1.29, 1.82) is 0 Å². The Kier molecular flexibility index (Phi) is 6.65. The Morgan fingerprint density at radius 3 is 2.81 bits per heavy atom. The summed E-state index contributed by atoms with van der Waals surface area (Å²) in [7, 11) is 5.80. The molecule has 162 valence electrons. The molecule has 0 saturated heterocycles.